The van der Waals surface area contributed by atoms with Gasteiger partial charge in [-0.2, -0.15) is 0 Å². The van der Waals surface area contributed by atoms with Gasteiger partial charge in [0.25, 0.3) is 0 Å². The molecule has 2 aromatic rings. The van der Waals surface area contributed by atoms with Crippen LogP contribution in [0.4, 0.5) is 0 Å². The van der Waals surface area contributed by atoms with Gasteiger partial charge in [0.2, 0.25) is 0 Å². The van der Waals surface area contributed by atoms with Gasteiger partial charge in [-0.25, -0.2) is 0 Å². The maximum Gasteiger partial charge on any atom is 0.0408 e. The predicted octanol–water partition coefficient (Wildman–Crippen LogP) is 4.85. The van der Waals surface area contributed by atoms with E-state index in [-0.39, 0.29) is 6.15 Å². The molecule has 0 spiro atoms. The zero-order valence-corrected chi connectivity index (χ0v) is 10.8. The van der Waals surface area contributed by atoms with E-state index in [4.69, 9.17) is 11.6 Å². The van der Waals surface area contributed by atoms with Gasteiger partial charge in [0.1, 0.15) is 0 Å². The van der Waals surface area contributed by atoms with Gasteiger partial charge in [-0.05, 0) is 35.6 Å². The second kappa shape index (κ2) is 6.43. The molecule has 0 fully saturated rings. The molecule has 2 aromatic carbocycles. The molecule has 0 amide bonds. The minimum atomic E-state index is 0. The molecule has 0 saturated heterocycles. The van der Waals surface area contributed by atoms with Gasteiger partial charge in [0, 0.05) is 5.02 Å². The van der Waals surface area contributed by atoms with Gasteiger partial charge in [0.05, 0.1) is 0 Å². The number of rotatable bonds is 3. The van der Waals surface area contributed by atoms with E-state index < -0.39 is 0 Å². The first kappa shape index (κ1) is 13.8. The summed E-state index contributed by atoms with van der Waals surface area (Å²) in [4.78, 5) is 0. The highest BCUT2D eigenvalue weighted by Crippen LogP contribution is 2.22. The van der Waals surface area contributed by atoms with Crippen molar-refractivity contribution in [1.82, 2.24) is 6.15 Å². The summed E-state index contributed by atoms with van der Waals surface area (Å²) < 4.78 is 0. The normalized spacial score (nSPS) is 11.6. The number of hydrogen-bond donors (Lipinski definition) is 1. The maximum absolute atomic E-state index is 5.99. The van der Waals surface area contributed by atoms with E-state index in [1.165, 1.54) is 11.1 Å². The third kappa shape index (κ3) is 3.88. The fourth-order valence-corrected chi connectivity index (χ4v) is 2.10. The number of halogens is 1. The minimum Gasteiger partial charge on any atom is -0.344 e. The fourth-order valence-electron chi connectivity index (χ4n) is 1.90. The highest BCUT2D eigenvalue weighted by molar-refractivity contribution is 6.30. The topological polar surface area (TPSA) is 35.0 Å². The molecular weight excluding hydrogens is 230 g/mol. The molecule has 0 radical (unpaired) electrons. The van der Waals surface area contributed by atoms with Crippen LogP contribution in [0.3, 0.4) is 0 Å². The molecule has 1 nitrogen and oxygen atoms in total. The van der Waals surface area contributed by atoms with Crippen molar-refractivity contribution in [2.45, 2.75) is 19.3 Å². The minimum absolute atomic E-state index is 0. The van der Waals surface area contributed by atoms with E-state index in [2.05, 4.69) is 43.3 Å². The summed E-state index contributed by atoms with van der Waals surface area (Å²) in [6, 6.07) is 18.7. The second-order valence-electron chi connectivity index (χ2n) is 4.15. The summed E-state index contributed by atoms with van der Waals surface area (Å²) in [7, 11) is 0. The molecule has 1 atom stereocenters. The van der Waals surface area contributed by atoms with Crippen LogP contribution in [0.25, 0.3) is 0 Å². The zero-order chi connectivity index (χ0) is 11.4. The summed E-state index contributed by atoms with van der Waals surface area (Å²) in [5, 5.41) is 0.817. The van der Waals surface area contributed by atoms with Crippen LogP contribution in [0.15, 0.2) is 54.6 Å². The third-order valence-electron chi connectivity index (χ3n) is 2.80. The van der Waals surface area contributed by atoms with Crippen molar-refractivity contribution in [3.63, 3.8) is 0 Å². The van der Waals surface area contributed by atoms with E-state index in [1.807, 2.05) is 18.2 Å². The summed E-state index contributed by atoms with van der Waals surface area (Å²) >= 11 is 5.99. The molecule has 0 aromatic heterocycles. The maximum atomic E-state index is 5.99. The Hall–Kier alpha value is -1.31. The standard InChI is InChI=1S/C15H15Cl.H3N/c1-12(10-13-6-3-2-4-7-13)14-8-5-9-15(16)11-14;/h2-9,11-12H,10H2,1H3;1H3. The molecular formula is C15H18ClN. The summed E-state index contributed by atoms with van der Waals surface area (Å²) in [6.45, 7) is 2.23. The first-order valence-electron chi connectivity index (χ1n) is 5.55. The van der Waals surface area contributed by atoms with Gasteiger partial charge in [-0.3, -0.25) is 0 Å². The first-order valence-corrected chi connectivity index (χ1v) is 5.93. The lowest BCUT2D eigenvalue weighted by atomic mass is 9.94. The van der Waals surface area contributed by atoms with Crippen LogP contribution >= 0.6 is 11.6 Å². The van der Waals surface area contributed by atoms with Crippen molar-refractivity contribution in [1.29, 1.82) is 0 Å². The molecule has 0 aliphatic rings. The molecule has 1 unspecified atom stereocenters. The van der Waals surface area contributed by atoms with E-state index >= 15 is 0 Å². The first-order chi connectivity index (χ1) is 7.75. The van der Waals surface area contributed by atoms with Crippen LogP contribution < -0.4 is 6.15 Å². The Kier molecular flexibility index (Phi) is 5.20. The van der Waals surface area contributed by atoms with E-state index in [9.17, 15) is 0 Å². The Morgan fingerprint density at radius 3 is 2.35 bits per heavy atom. The lowest BCUT2D eigenvalue weighted by Gasteiger charge is -2.12. The molecule has 2 rings (SSSR count). The van der Waals surface area contributed by atoms with Gasteiger partial charge in [-0.1, -0.05) is 61.0 Å². The van der Waals surface area contributed by atoms with Crippen molar-refractivity contribution < 1.29 is 0 Å². The second-order valence-corrected chi connectivity index (χ2v) is 4.58. The summed E-state index contributed by atoms with van der Waals surface area (Å²) in [5.41, 5.74) is 2.67. The smallest absolute Gasteiger partial charge is 0.0408 e. The Bertz CT molecular complexity index is 453. The monoisotopic (exact) mass is 247 g/mol. The highest BCUT2D eigenvalue weighted by atomic mass is 35.5. The van der Waals surface area contributed by atoms with Crippen molar-refractivity contribution in [2.75, 3.05) is 0 Å². The molecule has 17 heavy (non-hydrogen) atoms. The molecule has 0 aliphatic carbocycles. The molecule has 0 saturated carbocycles. The largest absolute Gasteiger partial charge is 0.344 e. The fraction of sp³-hybridized carbons (Fsp3) is 0.200. The predicted molar refractivity (Wildman–Crippen MR) is 75.0 cm³/mol. The molecule has 0 bridgehead atoms. The summed E-state index contributed by atoms with van der Waals surface area (Å²) in [6.07, 6.45) is 1.06. The number of hydrogen-bond acceptors (Lipinski definition) is 1. The van der Waals surface area contributed by atoms with Gasteiger partial charge in [0.15, 0.2) is 0 Å². The number of benzene rings is 2. The van der Waals surface area contributed by atoms with Crippen LogP contribution in [-0.2, 0) is 6.42 Å². The molecule has 0 heterocycles. The van der Waals surface area contributed by atoms with Gasteiger partial charge < -0.3 is 6.15 Å². The zero-order valence-electron chi connectivity index (χ0n) is 10.1. The van der Waals surface area contributed by atoms with Gasteiger partial charge >= 0.3 is 0 Å². The van der Waals surface area contributed by atoms with Crippen molar-refractivity contribution in [3.05, 3.63) is 70.7 Å². The third-order valence-corrected chi connectivity index (χ3v) is 3.04. The quantitative estimate of drug-likeness (QED) is 0.827. The highest BCUT2D eigenvalue weighted by Gasteiger charge is 2.06. The van der Waals surface area contributed by atoms with E-state index in [0.29, 0.717) is 5.92 Å². The van der Waals surface area contributed by atoms with Crippen LogP contribution in [-0.4, -0.2) is 0 Å². The Morgan fingerprint density at radius 2 is 1.71 bits per heavy atom. The Labute approximate surface area is 108 Å². The van der Waals surface area contributed by atoms with Crippen LogP contribution in [0, 0.1) is 0 Å². The van der Waals surface area contributed by atoms with Crippen molar-refractivity contribution in [2.24, 2.45) is 0 Å². The van der Waals surface area contributed by atoms with Crippen LogP contribution in [0.2, 0.25) is 5.02 Å². The molecule has 2 heteroatoms. The van der Waals surface area contributed by atoms with Crippen molar-refractivity contribution >= 4 is 11.6 Å². The lowest BCUT2D eigenvalue weighted by Crippen LogP contribution is -1.98. The van der Waals surface area contributed by atoms with E-state index in [0.717, 1.165) is 11.4 Å². The van der Waals surface area contributed by atoms with E-state index in [1.54, 1.807) is 0 Å². The van der Waals surface area contributed by atoms with Gasteiger partial charge in [-0.15, -0.1) is 0 Å². The Morgan fingerprint density at radius 1 is 1.00 bits per heavy atom. The SMILES string of the molecule is CC(Cc1ccccc1)c1cccc(Cl)c1.N. The Balaban J connectivity index is 0.00000144. The lowest BCUT2D eigenvalue weighted by molar-refractivity contribution is 0.759. The molecule has 3 N–H and O–H groups in total. The average Bonchev–Trinajstić information content (AvgIpc) is 2.30. The molecule has 0 aliphatic heterocycles. The van der Waals surface area contributed by atoms with Crippen LogP contribution in [0.5, 0.6) is 0 Å². The molecule has 90 valence electrons. The van der Waals surface area contributed by atoms with Crippen LogP contribution in [0.1, 0.15) is 24.0 Å². The van der Waals surface area contributed by atoms with Crippen molar-refractivity contribution in [3.8, 4) is 0 Å². The summed E-state index contributed by atoms with van der Waals surface area (Å²) in [5.74, 6) is 0.501. The average molecular weight is 248 g/mol.